The van der Waals surface area contributed by atoms with Gasteiger partial charge in [-0.3, -0.25) is 9.88 Å². The fourth-order valence-corrected chi connectivity index (χ4v) is 2.17. The van der Waals surface area contributed by atoms with Crippen LogP contribution in [0.4, 0.5) is 5.69 Å². The predicted octanol–water partition coefficient (Wildman–Crippen LogP) is 2.91. The molecule has 0 bridgehead atoms. The van der Waals surface area contributed by atoms with Crippen LogP contribution in [-0.4, -0.2) is 16.9 Å². The first-order valence-electron chi connectivity index (χ1n) is 6.50. The van der Waals surface area contributed by atoms with Gasteiger partial charge in [-0.05, 0) is 50.2 Å². The minimum Gasteiger partial charge on any atom is -0.399 e. The Morgan fingerprint density at radius 3 is 2.58 bits per heavy atom. The highest BCUT2D eigenvalue weighted by Crippen LogP contribution is 2.14. The molecular weight excluding hydrogens is 234 g/mol. The van der Waals surface area contributed by atoms with Crippen molar-refractivity contribution in [3.63, 3.8) is 0 Å². The molecule has 3 heteroatoms. The molecule has 3 nitrogen and oxygen atoms in total. The number of nitrogen functional groups attached to an aromatic ring is 1. The molecule has 0 aliphatic carbocycles. The monoisotopic (exact) mass is 255 g/mol. The number of rotatable bonds is 4. The van der Waals surface area contributed by atoms with Crippen LogP contribution < -0.4 is 5.73 Å². The van der Waals surface area contributed by atoms with Gasteiger partial charge in [-0.2, -0.15) is 0 Å². The topological polar surface area (TPSA) is 42.1 Å². The molecule has 0 spiro atoms. The van der Waals surface area contributed by atoms with Gasteiger partial charge < -0.3 is 5.73 Å². The molecule has 1 aromatic heterocycles. The first-order valence-corrected chi connectivity index (χ1v) is 6.50. The third-order valence-corrected chi connectivity index (χ3v) is 3.16. The summed E-state index contributed by atoms with van der Waals surface area (Å²) < 4.78 is 0. The lowest BCUT2D eigenvalue weighted by atomic mass is 10.1. The molecule has 0 aliphatic rings. The van der Waals surface area contributed by atoms with E-state index in [4.69, 9.17) is 5.73 Å². The van der Waals surface area contributed by atoms with E-state index in [1.165, 1.54) is 5.56 Å². The van der Waals surface area contributed by atoms with E-state index in [-0.39, 0.29) is 0 Å². The van der Waals surface area contributed by atoms with Gasteiger partial charge in [0.2, 0.25) is 0 Å². The quantitative estimate of drug-likeness (QED) is 0.854. The Morgan fingerprint density at radius 1 is 1.11 bits per heavy atom. The van der Waals surface area contributed by atoms with Gasteiger partial charge in [0.25, 0.3) is 0 Å². The fraction of sp³-hybridized carbons (Fsp3) is 0.312. The molecule has 0 amide bonds. The van der Waals surface area contributed by atoms with Crippen LogP contribution in [0.2, 0.25) is 0 Å². The van der Waals surface area contributed by atoms with Gasteiger partial charge >= 0.3 is 0 Å². The second kappa shape index (κ2) is 5.85. The lowest BCUT2D eigenvalue weighted by Crippen LogP contribution is -2.18. The zero-order valence-corrected chi connectivity index (χ0v) is 11.9. The predicted molar refractivity (Wildman–Crippen MR) is 79.7 cm³/mol. The minimum atomic E-state index is 0.852. The van der Waals surface area contributed by atoms with Gasteiger partial charge in [-0.15, -0.1) is 0 Å². The van der Waals surface area contributed by atoms with E-state index < -0.39 is 0 Å². The number of hydrogen-bond acceptors (Lipinski definition) is 3. The standard InChI is InChI=1S/C16H21N3/c1-12-9-14(7-8-16(12)17)10-19(3)11-15-6-4-5-13(2)18-15/h4-9H,10-11,17H2,1-3H3. The summed E-state index contributed by atoms with van der Waals surface area (Å²) in [6.45, 7) is 5.82. The smallest absolute Gasteiger partial charge is 0.0547 e. The molecule has 0 atom stereocenters. The molecule has 0 unspecified atom stereocenters. The average Bonchev–Trinajstić information content (AvgIpc) is 2.34. The summed E-state index contributed by atoms with van der Waals surface area (Å²) in [6, 6.07) is 12.4. The second-order valence-electron chi connectivity index (χ2n) is 5.13. The Morgan fingerprint density at radius 2 is 1.89 bits per heavy atom. The van der Waals surface area contributed by atoms with Crippen molar-refractivity contribution < 1.29 is 0 Å². The highest BCUT2D eigenvalue weighted by Gasteiger charge is 2.04. The van der Waals surface area contributed by atoms with Gasteiger partial charge in [-0.1, -0.05) is 18.2 Å². The second-order valence-corrected chi connectivity index (χ2v) is 5.13. The van der Waals surface area contributed by atoms with Crippen molar-refractivity contribution in [3.05, 3.63) is 58.9 Å². The third kappa shape index (κ3) is 3.80. The summed E-state index contributed by atoms with van der Waals surface area (Å²) in [5, 5.41) is 0. The van der Waals surface area contributed by atoms with E-state index in [9.17, 15) is 0 Å². The van der Waals surface area contributed by atoms with Crippen molar-refractivity contribution in [2.24, 2.45) is 0 Å². The highest BCUT2D eigenvalue weighted by atomic mass is 15.1. The normalized spacial score (nSPS) is 10.9. The molecule has 1 heterocycles. The zero-order chi connectivity index (χ0) is 13.8. The number of hydrogen-bond donors (Lipinski definition) is 1. The Bertz CT molecular complexity index is 564. The maximum Gasteiger partial charge on any atom is 0.0547 e. The van der Waals surface area contributed by atoms with Crippen molar-refractivity contribution in [3.8, 4) is 0 Å². The van der Waals surface area contributed by atoms with Gasteiger partial charge in [0.1, 0.15) is 0 Å². The molecule has 2 N–H and O–H groups in total. The Hall–Kier alpha value is -1.87. The number of benzene rings is 1. The lowest BCUT2D eigenvalue weighted by Gasteiger charge is -2.17. The average molecular weight is 255 g/mol. The van der Waals surface area contributed by atoms with E-state index in [0.717, 1.165) is 35.7 Å². The van der Waals surface area contributed by atoms with E-state index in [1.54, 1.807) is 0 Å². The first-order chi connectivity index (χ1) is 9.04. The van der Waals surface area contributed by atoms with Crippen LogP contribution >= 0.6 is 0 Å². The van der Waals surface area contributed by atoms with Gasteiger partial charge in [0.05, 0.1) is 5.69 Å². The van der Waals surface area contributed by atoms with Crippen molar-refractivity contribution in [1.29, 1.82) is 0 Å². The number of aromatic nitrogens is 1. The van der Waals surface area contributed by atoms with Gasteiger partial charge in [0, 0.05) is 24.5 Å². The van der Waals surface area contributed by atoms with Crippen molar-refractivity contribution in [1.82, 2.24) is 9.88 Å². The maximum absolute atomic E-state index is 5.84. The number of nitrogens with zero attached hydrogens (tertiary/aromatic N) is 2. The van der Waals surface area contributed by atoms with Crippen molar-refractivity contribution in [2.45, 2.75) is 26.9 Å². The zero-order valence-electron chi connectivity index (χ0n) is 11.9. The molecule has 100 valence electrons. The van der Waals surface area contributed by atoms with Crippen LogP contribution in [0.3, 0.4) is 0 Å². The fourth-order valence-electron chi connectivity index (χ4n) is 2.17. The lowest BCUT2D eigenvalue weighted by molar-refractivity contribution is 0.315. The molecule has 2 aromatic rings. The Kier molecular flexibility index (Phi) is 4.17. The molecular formula is C16H21N3. The molecule has 2 rings (SSSR count). The van der Waals surface area contributed by atoms with Crippen molar-refractivity contribution >= 4 is 5.69 Å². The molecule has 0 fully saturated rings. The number of pyridine rings is 1. The first kappa shape index (κ1) is 13.6. The van der Waals surface area contributed by atoms with Crippen LogP contribution in [0.15, 0.2) is 36.4 Å². The van der Waals surface area contributed by atoms with Crippen LogP contribution in [0, 0.1) is 13.8 Å². The van der Waals surface area contributed by atoms with Crippen LogP contribution in [0.1, 0.15) is 22.5 Å². The number of anilines is 1. The largest absolute Gasteiger partial charge is 0.399 e. The van der Waals surface area contributed by atoms with Crippen LogP contribution in [0.25, 0.3) is 0 Å². The number of nitrogens with two attached hydrogens (primary N) is 1. The van der Waals surface area contributed by atoms with E-state index in [2.05, 4.69) is 41.2 Å². The molecule has 0 aliphatic heterocycles. The summed E-state index contributed by atoms with van der Waals surface area (Å²) in [5.74, 6) is 0. The Labute approximate surface area is 115 Å². The van der Waals surface area contributed by atoms with Gasteiger partial charge in [-0.25, -0.2) is 0 Å². The summed E-state index contributed by atoms with van der Waals surface area (Å²) >= 11 is 0. The van der Waals surface area contributed by atoms with E-state index >= 15 is 0 Å². The summed E-state index contributed by atoms with van der Waals surface area (Å²) in [7, 11) is 2.11. The van der Waals surface area contributed by atoms with Crippen molar-refractivity contribution in [2.75, 3.05) is 12.8 Å². The van der Waals surface area contributed by atoms with Crippen LogP contribution in [-0.2, 0) is 13.1 Å². The third-order valence-electron chi connectivity index (χ3n) is 3.16. The molecule has 0 radical (unpaired) electrons. The molecule has 0 saturated carbocycles. The van der Waals surface area contributed by atoms with E-state index in [0.29, 0.717) is 0 Å². The summed E-state index contributed by atoms with van der Waals surface area (Å²) in [6.07, 6.45) is 0. The van der Waals surface area contributed by atoms with Crippen LogP contribution in [0.5, 0.6) is 0 Å². The SMILES string of the molecule is Cc1cccc(CN(C)Cc2ccc(N)c(C)c2)n1. The molecule has 1 aromatic carbocycles. The highest BCUT2D eigenvalue weighted by molar-refractivity contribution is 5.47. The minimum absolute atomic E-state index is 0.852. The molecule has 0 saturated heterocycles. The van der Waals surface area contributed by atoms with E-state index in [1.807, 2.05) is 26.0 Å². The summed E-state index contributed by atoms with van der Waals surface area (Å²) in [5.41, 5.74) is 11.3. The summed E-state index contributed by atoms with van der Waals surface area (Å²) in [4.78, 5) is 6.78. The maximum atomic E-state index is 5.84. The number of aryl methyl sites for hydroxylation is 2. The molecule has 19 heavy (non-hydrogen) atoms. The van der Waals surface area contributed by atoms with Gasteiger partial charge in [0.15, 0.2) is 0 Å². The Balaban J connectivity index is 2.01.